The van der Waals surface area contributed by atoms with E-state index in [0.29, 0.717) is 28.0 Å². The van der Waals surface area contributed by atoms with Gasteiger partial charge in [0, 0.05) is 43.8 Å². The molecule has 0 saturated carbocycles. The summed E-state index contributed by atoms with van der Waals surface area (Å²) in [7, 11) is 0.648. The Morgan fingerprint density at radius 3 is 2.39 bits per heavy atom. The van der Waals surface area contributed by atoms with Crippen molar-refractivity contribution in [3.8, 4) is 28.8 Å². The molecule has 0 aliphatic rings. The van der Waals surface area contributed by atoms with E-state index in [0.717, 1.165) is 0 Å². The molecule has 0 aromatic carbocycles. The minimum absolute atomic E-state index is 0.101. The number of nitrogens with one attached hydrogen (secondary N) is 1. The molecule has 4 rings (SSSR count). The number of pyridine rings is 1. The van der Waals surface area contributed by atoms with E-state index in [2.05, 4.69) is 35.0 Å². The molecule has 0 unspecified atom stereocenters. The first-order valence-electron chi connectivity index (χ1n) is 10.7. The molecule has 0 amide bonds. The van der Waals surface area contributed by atoms with E-state index in [-0.39, 0.29) is 17.7 Å². The zero-order valence-corrected chi connectivity index (χ0v) is 21.7. The second kappa shape index (κ2) is 10.1. The topological polar surface area (TPSA) is 152 Å². The highest BCUT2D eigenvalue weighted by Gasteiger charge is 2.33. The summed E-state index contributed by atoms with van der Waals surface area (Å²) in [5, 5.41) is 12.1. The van der Waals surface area contributed by atoms with Gasteiger partial charge in [0.05, 0.1) is 24.5 Å². The molecule has 4 aromatic heterocycles. The van der Waals surface area contributed by atoms with Crippen molar-refractivity contribution in [3.05, 3.63) is 47.8 Å². The smallest absolute Gasteiger partial charge is 0.243 e. The van der Waals surface area contributed by atoms with Crippen molar-refractivity contribution in [3.63, 3.8) is 0 Å². The lowest BCUT2D eigenvalue weighted by Crippen LogP contribution is -2.31. The van der Waals surface area contributed by atoms with Crippen molar-refractivity contribution in [1.82, 2.24) is 39.5 Å². The van der Waals surface area contributed by atoms with Crippen LogP contribution in [0.25, 0.3) is 17.2 Å². The zero-order chi connectivity index (χ0) is 26.0. The Morgan fingerprint density at radius 2 is 1.78 bits per heavy atom. The molecule has 1 N–H and O–H groups in total. The number of hydrogen-bond acceptors (Lipinski definition) is 10. The highest BCUT2D eigenvalue weighted by Crippen LogP contribution is 2.36. The monoisotopic (exact) mass is 533 g/mol. The molecule has 0 aliphatic heterocycles. The van der Waals surface area contributed by atoms with Gasteiger partial charge in [-0.1, -0.05) is 18.5 Å². The Hall–Kier alpha value is -3.78. The number of hydrogen-bond donors (Lipinski definition) is 1. The van der Waals surface area contributed by atoms with Crippen LogP contribution in [0, 0.1) is 0 Å². The van der Waals surface area contributed by atoms with Crippen LogP contribution in [0.1, 0.15) is 25.6 Å². The maximum atomic E-state index is 13.5. The summed E-state index contributed by atoms with van der Waals surface area (Å²) in [5.74, 6) is 0.450. The predicted molar refractivity (Wildman–Crippen MR) is 132 cm³/mol. The van der Waals surface area contributed by atoms with Crippen LogP contribution < -0.4 is 14.2 Å². The third-order valence-electron chi connectivity index (χ3n) is 5.57. The summed E-state index contributed by atoms with van der Waals surface area (Å²) < 4.78 is 43.5. The van der Waals surface area contributed by atoms with E-state index in [4.69, 9.17) is 21.1 Å². The van der Waals surface area contributed by atoms with Crippen LogP contribution in [0.3, 0.4) is 0 Å². The van der Waals surface area contributed by atoms with Gasteiger partial charge in [-0.3, -0.25) is 14.0 Å². The summed E-state index contributed by atoms with van der Waals surface area (Å²) in [4.78, 5) is 12.6. The Labute approximate surface area is 212 Å². The maximum absolute atomic E-state index is 13.5. The molecule has 4 heterocycles. The molecule has 2 atom stereocenters. The summed E-state index contributed by atoms with van der Waals surface area (Å²) >= 11 is 5.87. The fraction of sp³-hybridized carbons (Fsp3) is 0.333. The van der Waals surface area contributed by atoms with E-state index in [1.54, 1.807) is 43.9 Å². The number of aromatic nitrogens is 8. The van der Waals surface area contributed by atoms with Gasteiger partial charge in [-0.2, -0.15) is 5.10 Å². The number of nitrogens with zero attached hydrogens (tertiary/aromatic N) is 8. The highest BCUT2D eigenvalue weighted by molar-refractivity contribution is 7.93. The quantitative estimate of drug-likeness (QED) is 0.339. The summed E-state index contributed by atoms with van der Waals surface area (Å²) in [6.07, 6.45) is 6.07. The SMILES string of the molecule is COc1ccnc(OC)c1-n1c(NS(=O)(=O)[C@@H](C)[C@H](C)c2ncc(Cl)cn2)nnc1-c1ccn(C)n1. The van der Waals surface area contributed by atoms with Crippen LogP contribution in [0.5, 0.6) is 11.6 Å². The summed E-state index contributed by atoms with van der Waals surface area (Å²) in [5.41, 5.74) is 0.743. The number of methoxy groups -OCH3 is 2. The number of sulfonamides is 1. The Kier molecular flexibility index (Phi) is 7.08. The molecule has 0 aliphatic carbocycles. The van der Waals surface area contributed by atoms with Gasteiger partial charge >= 0.3 is 0 Å². The highest BCUT2D eigenvalue weighted by atomic mass is 35.5. The van der Waals surface area contributed by atoms with Gasteiger partial charge in [-0.15, -0.1) is 10.2 Å². The zero-order valence-electron chi connectivity index (χ0n) is 20.1. The van der Waals surface area contributed by atoms with Crippen molar-refractivity contribution < 1.29 is 17.9 Å². The van der Waals surface area contributed by atoms with Crippen LogP contribution in [0.15, 0.2) is 36.9 Å². The number of anilines is 1. The van der Waals surface area contributed by atoms with Gasteiger partial charge in [0.1, 0.15) is 17.3 Å². The molecule has 13 nitrogen and oxygen atoms in total. The van der Waals surface area contributed by atoms with E-state index in [1.807, 2.05) is 0 Å². The van der Waals surface area contributed by atoms with Crippen LogP contribution >= 0.6 is 11.6 Å². The molecule has 0 fully saturated rings. The van der Waals surface area contributed by atoms with Gasteiger partial charge in [0.25, 0.3) is 0 Å². The molecule has 0 spiro atoms. The van der Waals surface area contributed by atoms with Crippen molar-refractivity contribution in [2.24, 2.45) is 7.05 Å². The lowest BCUT2D eigenvalue weighted by Gasteiger charge is -2.21. The molecular weight excluding hydrogens is 510 g/mol. The lowest BCUT2D eigenvalue weighted by atomic mass is 10.1. The third-order valence-corrected chi connectivity index (χ3v) is 7.62. The van der Waals surface area contributed by atoms with Crippen LogP contribution in [0.2, 0.25) is 5.02 Å². The van der Waals surface area contributed by atoms with Gasteiger partial charge in [0.15, 0.2) is 11.5 Å². The molecule has 0 bridgehead atoms. The van der Waals surface area contributed by atoms with Crippen LogP contribution in [0.4, 0.5) is 5.95 Å². The minimum atomic E-state index is -4.02. The minimum Gasteiger partial charge on any atom is -0.494 e. The second-order valence-corrected chi connectivity index (χ2v) is 10.3. The lowest BCUT2D eigenvalue weighted by molar-refractivity contribution is 0.379. The second-order valence-electron chi connectivity index (χ2n) is 7.83. The molecule has 0 saturated heterocycles. The van der Waals surface area contributed by atoms with E-state index < -0.39 is 21.2 Å². The third kappa shape index (κ3) is 4.81. The first-order chi connectivity index (χ1) is 17.2. The Balaban J connectivity index is 1.81. The number of ether oxygens (including phenoxy) is 2. The molecule has 0 radical (unpaired) electrons. The number of aryl methyl sites for hydroxylation is 1. The Morgan fingerprint density at radius 1 is 1.06 bits per heavy atom. The predicted octanol–water partition coefficient (Wildman–Crippen LogP) is 2.46. The standard InChI is InChI=1S/C21H24ClN9O4S/c1-12(18-24-10-14(22)11-25-18)13(2)36(32,33)29-21-27-26-19(15-7-9-30(3)28-15)31(21)17-16(34-4)6-8-23-20(17)35-5/h6-13H,1-5H3,(H,27,29)/t12-,13-/m0/s1. The summed E-state index contributed by atoms with van der Waals surface area (Å²) in [6.45, 7) is 3.26. The van der Waals surface area contributed by atoms with Crippen molar-refractivity contribution in [2.45, 2.75) is 25.0 Å². The van der Waals surface area contributed by atoms with Gasteiger partial charge in [-0.25, -0.2) is 23.4 Å². The first kappa shape index (κ1) is 25.3. The average Bonchev–Trinajstić information content (AvgIpc) is 3.48. The summed E-state index contributed by atoms with van der Waals surface area (Å²) in [6, 6.07) is 3.33. The van der Waals surface area contributed by atoms with Crippen LogP contribution in [-0.4, -0.2) is 67.4 Å². The first-order valence-corrected chi connectivity index (χ1v) is 12.6. The number of rotatable bonds is 9. The molecule has 15 heteroatoms. The fourth-order valence-corrected chi connectivity index (χ4v) is 4.79. The average molecular weight is 534 g/mol. The van der Waals surface area contributed by atoms with Crippen molar-refractivity contribution in [2.75, 3.05) is 18.9 Å². The van der Waals surface area contributed by atoms with Crippen molar-refractivity contribution in [1.29, 1.82) is 0 Å². The van der Waals surface area contributed by atoms with Gasteiger partial charge in [-0.05, 0) is 13.0 Å². The van der Waals surface area contributed by atoms with Crippen molar-refractivity contribution >= 4 is 27.6 Å². The molecular formula is C21H24ClN9O4S. The van der Waals surface area contributed by atoms with Crippen LogP contribution in [-0.2, 0) is 17.1 Å². The fourth-order valence-electron chi connectivity index (χ4n) is 3.46. The Bertz CT molecular complexity index is 1450. The molecule has 190 valence electrons. The molecule has 36 heavy (non-hydrogen) atoms. The molecule has 4 aromatic rings. The largest absolute Gasteiger partial charge is 0.494 e. The normalized spacial score (nSPS) is 13.3. The maximum Gasteiger partial charge on any atom is 0.243 e. The van der Waals surface area contributed by atoms with E-state index in [9.17, 15) is 8.42 Å². The van der Waals surface area contributed by atoms with Gasteiger partial charge in [0.2, 0.25) is 21.9 Å². The number of halogens is 1. The van der Waals surface area contributed by atoms with Gasteiger partial charge < -0.3 is 9.47 Å². The van der Waals surface area contributed by atoms with E-state index in [1.165, 1.54) is 37.4 Å². The van der Waals surface area contributed by atoms with E-state index >= 15 is 0 Å².